The zero-order valence-electron chi connectivity index (χ0n) is 14.4. The van der Waals surface area contributed by atoms with Crippen molar-refractivity contribution < 1.29 is 4.74 Å². The minimum atomic E-state index is 0.532. The molecular formula is C19H26N4O. The lowest BCUT2D eigenvalue weighted by Gasteiger charge is -2.32. The van der Waals surface area contributed by atoms with E-state index in [4.69, 9.17) is 4.74 Å². The first-order chi connectivity index (χ1) is 11.8. The molecule has 0 spiro atoms. The minimum Gasteiger partial charge on any atom is -0.381 e. The summed E-state index contributed by atoms with van der Waals surface area (Å²) in [6, 6.07) is 6.87. The molecule has 2 aromatic rings. The predicted molar refractivity (Wildman–Crippen MR) is 96.3 cm³/mol. The van der Waals surface area contributed by atoms with Crippen molar-refractivity contribution in [2.45, 2.75) is 32.2 Å². The Bertz CT molecular complexity index is 677. The molecular weight excluding hydrogens is 300 g/mol. The number of hydrogen-bond acceptors (Lipinski definition) is 5. The number of hydrogen-bond donors (Lipinski definition) is 1. The quantitative estimate of drug-likeness (QED) is 0.915. The molecule has 5 heteroatoms. The van der Waals surface area contributed by atoms with Crippen LogP contribution in [-0.4, -0.2) is 53.8 Å². The number of nitrogens with zero attached hydrogens (tertiary/aromatic N) is 3. The van der Waals surface area contributed by atoms with Crippen molar-refractivity contribution in [3.8, 4) is 0 Å². The van der Waals surface area contributed by atoms with Crippen LogP contribution in [-0.2, 0) is 4.74 Å². The number of benzene rings is 1. The molecule has 0 radical (unpaired) electrons. The molecule has 0 aliphatic carbocycles. The first-order valence-electron chi connectivity index (χ1n) is 9.08. The summed E-state index contributed by atoms with van der Waals surface area (Å²) >= 11 is 0. The molecule has 2 fully saturated rings. The summed E-state index contributed by atoms with van der Waals surface area (Å²) in [5.74, 6) is 1.58. The largest absolute Gasteiger partial charge is 0.381 e. The van der Waals surface area contributed by atoms with Crippen LogP contribution in [0.2, 0.25) is 0 Å². The normalized spacial score (nSPS) is 23.0. The molecule has 2 unspecified atom stereocenters. The maximum absolute atomic E-state index is 5.66. The van der Waals surface area contributed by atoms with Gasteiger partial charge in [0.05, 0.1) is 12.1 Å². The van der Waals surface area contributed by atoms with Crippen molar-refractivity contribution in [3.63, 3.8) is 0 Å². The predicted octanol–water partition coefficient (Wildman–Crippen LogP) is 2.85. The minimum absolute atomic E-state index is 0.532. The highest BCUT2D eigenvalue weighted by Gasteiger charge is 2.31. The van der Waals surface area contributed by atoms with Gasteiger partial charge in [0.15, 0.2) is 0 Å². The fraction of sp³-hybridized carbons (Fsp3) is 0.579. The maximum Gasteiger partial charge on any atom is 0.137 e. The van der Waals surface area contributed by atoms with E-state index in [0.29, 0.717) is 12.0 Å². The van der Waals surface area contributed by atoms with E-state index >= 15 is 0 Å². The van der Waals surface area contributed by atoms with Gasteiger partial charge in [-0.3, -0.25) is 4.90 Å². The Morgan fingerprint density at radius 3 is 2.96 bits per heavy atom. The second kappa shape index (κ2) is 7.03. The standard InChI is InChI=1S/C19H26N4O/c1-14-4-5-17-16(10-14)19(22-13-21-17)20-11-18(15-6-9-24-12-15)23-7-2-3-8-23/h4-5,10,13,15,18H,2-3,6-9,11-12H2,1H3,(H,20,21,22). The summed E-state index contributed by atoms with van der Waals surface area (Å²) in [5.41, 5.74) is 2.24. The van der Waals surface area contributed by atoms with Gasteiger partial charge < -0.3 is 10.1 Å². The Labute approximate surface area is 143 Å². The first kappa shape index (κ1) is 15.8. The topological polar surface area (TPSA) is 50.3 Å². The number of aryl methyl sites for hydroxylation is 1. The highest BCUT2D eigenvalue weighted by Crippen LogP contribution is 2.26. The van der Waals surface area contributed by atoms with Gasteiger partial charge in [0, 0.05) is 30.5 Å². The van der Waals surface area contributed by atoms with Crippen molar-refractivity contribution in [1.29, 1.82) is 0 Å². The van der Waals surface area contributed by atoms with Gasteiger partial charge in [0.1, 0.15) is 12.1 Å². The Balaban J connectivity index is 1.54. The van der Waals surface area contributed by atoms with Crippen LogP contribution < -0.4 is 5.32 Å². The molecule has 0 bridgehead atoms. The lowest BCUT2D eigenvalue weighted by atomic mass is 9.97. The summed E-state index contributed by atoms with van der Waals surface area (Å²) in [6.45, 7) is 7.27. The van der Waals surface area contributed by atoms with E-state index in [2.05, 4.69) is 45.3 Å². The Kier molecular flexibility index (Phi) is 4.63. The van der Waals surface area contributed by atoms with Crippen LogP contribution in [0.25, 0.3) is 10.9 Å². The number of fused-ring (bicyclic) bond motifs is 1. The SMILES string of the molecule is Cc1ccc2ncnc(NCC(C3CCOC3)N3CCCC3)c2c1. The number of aromatic nitrogens is 2. The highest BCUT2D eigenvalue weighted by atomic mass is 16.5. The highest BCUT2D eigenvalue weighted by molar-refractivity contribution is 5.89. The van der Waals surface area contributed by atoms with E-state index in [9.17, 15) is 0 Å². The summed E-state index contributed by atoms with van der Waals surface area (Å²) in [5, 5.41) is 4.73. The Morgan fingerprint density at radius 1 is 1.29 bits per heavy atom. The third kappa shape index (κ3) is 3.23. The van der Waals surface area contributed by atoms with E-state index in [0.717, 1.165) is 36.5 Å². The monoisotopic (exact) mass is 326 g/mol. The molecule has 24 heavy (non-hydrogen) atoms. The van der Waals surface area contributed by atoms with E-state index < -0.39 is 0 Å². The maximum atomic E-state index is 5.66. The Morgan fingerprint density at radius 2 is 2.17 bits per heavy atom. The zero-order valence-corrected chi connectivity index (χ0v) is 14.4. The van der Waals surface area contributed by atoms with Crippen molar-refractivity contribution in [2.24, 2.45) is 5.92 Å². The van der Waals surface area contributed by atoms with Gasteiger partial charge in [0.25, 0.3) is 0 Å². The number of rotatable bonds is 5. The molecule has 2 saturated heterocycles. The molecule has 0 saturated carbocycles. The summed E-state index contributed by atoms with van der Waals surface area (Å²) in [4.78, 5) is 11.5. The number of ether oxygens (including phenoxy) is 1. The van der Waals surface area contributed by atoms with Gasteiger partial charge in [-0.25, -0.2) is 9.97 Å². The molecule has 4 rings (SSSR count). The molecule has 0 amide bonds. The third-order valence-electron chi connectivity index (χ3n) is 5.39. The van der Waals surface area contributed by atoms with Crippen LogP contribution in [0.3, 0.4) is 0 Å². The Hall–Kier alpha value is -1.72. The second-order valence-corrected chi connectivity index (χ2v) is 7.06. The lowest BCUT2D eigenvalue weighted by Crippen LogP contribution is -2.44. The van der Waals surface area contributed by atoms with Gasteiger partial charge >= 0.3 is 0 Å². The van der Waals surface area contributed by atoms with Gasteiger partial charge in [-0.1, -0.05) is 11.6 Å². The molecule has 2 aliphatic heterocycles. The van der Waals surface area contributed by atoms with Gasteiger partial charge in [-0.2, -0.15) is 0 Å². The molecule has 1 N–H and O–H groups in total. The van der Waals surface area contributed by atoms with E-state index in [1.165, 1.54) is 37.9 Å². The molecule has 128 valence electrons. The van der Waals surface area contributed by atoms with Crippen molar-refractivity contribution in [3.05, 3.63) is 30.1 Å². The smallest absolute Gasteiger partial charge is 0.137 e. The summed E-state index contributed by atoms with van der Waals surface area (Å²) in [7, 11) is 0. The molecule has 1 aromatic carbocycles. The van der Waals surface area contributed by atoms with Crippen LogP contribution in [0.4, 0.5) is 5.82 Å². The zero-order chi connectivity index (χ0) is 16.4. The molecule has 3 heterocycles. The van der Waals surface area contributed by atoms with Crippen LogP contribution in [0.5, 0.6) is 0 Å². The second-order valence-electron chi connectivity index (χ2n) is 7.06. The average Bonchev–Trinajstić information content (AvgIpc) is 3.29. The third-order valence-corrected chi connectivity index (χ3v) is 5.39. The number of anilines is 1. The van der Waals surface area contributed by atoms with E-state index in [1.54, 1.807) is 6.33 Å². The molecule has 2 atom stereocenters. The number of likely N-dealkylation sites (tertiary alicyclic amines) is 1. The van der Waals surface area contributed by atoms with Crippen molar-refractivity contribution in [2.75, 3.05) is 38.2 Å². The molecule has 1 aromatic heterocycles. The van der Waals surface area contributed by atoms with Crippen LogP contribution >= 0.6 is 0 Å². The van der Waals surface area contributed by atoms with Crippen LogP contribution in [0, 0.1) is 12.8 Å². The van der Waals surface area contributed by atoms with Crippen molar-refractivity contribution >= 4 is 16.7 Å². The summed E-state index contributed by atoms with van der Waals surface area (Å²) in [6.07, 6.45) is 5.47. The number of nitrogens with one attached hydrogen (secondary N) is 1. The van der Waals surface area contributed by atoms with Gasteiger partial charge in [0.2, 0.25) is 0 Å². The average molecular weight is 326 g/mol. The molecule has 5 nitrogen and oxygen atoms in total. The van der Waals surface area contributed by atoms with Crippen molar-refractivity contribution in [1.82, 2.24) is 14.9 Å². The van der Waals surface area contributed by atoms with Gasteiger partial charge in [-0.05, 0) is 51.4 Å². The van der Waals surface area contributed by atoms with E-state index in [-0.39, 0.29) is 0 Å². The first-order valence-corrected chi connectivity index (χ1v) is 9.08. The fourth-order valence-corrected chi connectivity index (χ4v) is 4.04. The summed E-state index contributed by atoms with van der Waals surface area (Å²) < 4.78 is 5.66. The molecule has 2 aliphatic rings. The lowest BCUT2D eigenvalue weighted by molar-refractivity contribution is 0.142. The van der Waals surface area contributed by atoms with Gasteiger partial charge in [-0.15, -0.1) is 0 Å². The van der Waals surface area contributed by atoms with Crippen LogP contribution in [0.15, 0.2) is 24.5 Å². The van der Waals surface area contributed by atoms with E-state index in [1.807, 2.05) is 0 Å². The van der Waals surface area contributed by atoms with Crippen LogP contribution in [0.1, 0.15) is 24.8 Å². The fourth-order valence-electron chi connectivity index (χ4n) is 4.04.